The van der Waals surface area contributed by atoms with E-state index in [-0.39, 0.29) is 0 Å². The summed E-state index contributed by atoms with van der Waals surface area (Å²) in [4.78, 5) is 10.6. The average molecular weight is 161 g/mol. The molecule has 0 aliphatic heterocycles. The smallest absolute Gasteiger partial charge is 0.150 e. The summed E-state index contributed by atoms with van der Waals surface area (Å²) in [7, 11) is 0. The van der Waals surface area contributed by atoms with Crippen LogP contribution in [-0.2, 0) is 6.54 Å². The minimum atomic E-state index is 0.371. The Kier molecular flexibility index (Phi) is 2.77. The summed E-state index contributed by atoms with van der Waals surface area (Å²) in [6.45, 7) is 4.01. The highest BCUT2D eigenvalue weighted by atomic mass is 16.1. The maximum Gasteiger partial charge on any atom is 0.150 e. The number of aldehydes is 1. The van der Waals surface area contributed by atoms with Crippen LogP contribution in [-0.4, -0.2) is 6.29 Å². The van der Waals surface area contributed by atoms with Gasteiger partial charge in [0.1, 0.15) is 6.29 Å². The maximum atomic E-state index is 10.6. The zero-order chi connectivity index (χ0) is 8.97. The first-order valence-corrected chi connectivity index (χ1v) is 3.73. The molecule has 0 unspecified atom stereocenters. The Morgan fingerprint density at radius 2 is 2.08 bits per heavy atom. The van der Waals surface area contributed by atoms with Gasteiger partial charge in [0.2, 0.25) is 0 Å². The Hall–Kier alpha value is -1.41. The van der Waals surface area contributed by atoms with Gasteiger partial charge >= 0.3 is 0 Å². The first-order chi connectivity index (χ1) is 5.83. The molecule has 0 fully saturated rings. The van der Waals surface area contributed by atoms with Gasteiger partial charge in [0.05, 0.1) is 0 Å². The highest BCUT2D eigenvalue weighted by Crippen LogP contribution is 2.13. The van der Waals surface area contributed by atoms with Gasteiger partial charge in [-0.05, 0) is 11.1 Å². The van der Waals surface area contributed by atoms with Gasteiger partial charge < -0.3 is 5.73 Å². The quantitative estimate of drug-likeness (QED) is 0.684. The third-order valence-electron chi connectivity index (χ3n) is 1.80. The number of hydrogen-bond donors (Lipinski definition) is 1. The van der Waals surface area contributed by atoms with Crippen LogP contribution in [0.25, 0.3) is 6.08 Å². The van der Waals surface area contributed by atoms with E-state index in [1.54, 1.807) is 12.1 Å². The lowest BCUT2D eigenvalue weighted by Gasteiger charge is -2.04. The second-order valence-corrected chi connectivity index (χ2v) is 2.44. The van der Waals surface area contributed by atoms with Crippen molar-refractivity contribution < 1.29 is 4.79 Å². The molecule has 0 atom stereocenters. The van der Waals surface area contributed by atoms with Crippen LogP contribution in [0.15, 0.2) is 24.8 Å². The molecule has 2 heteroatoms. The molecule has 1 aromatic rings. The minimum Gasteiger partial charge on any atom is -0.326 e. The van der Waals surface area contributed by atoms with Crippen molar-refractivity contribution in [1.82, 2.24) is 0 Å². The second kappa shape index (κ2) is 3.83. The number of hydrogen-bond acceptors (Lipinski definition) is 2. The Labute approximate surface area is 71.7 Å². The molecule has 0 aliphatic rings. The molecule has 62 valence electrons. The van der Waals surface area contributed by atoms with Crippen molar-refractivity contribution in [2.24, 2.45) is 5.73 Å². The van der Waals surface area contributed by atoms with Crippen LogP contribution in [0.5, 0.6) is 0 Å². The highest BCUT2D eigenvalue weighted by Gasteiger charge is 2.02. The van der Waals surface area contributed by atoms with Gasteiger partial charge in [-0.2, -0.15) is 0 Å². The first kappa shape index (κ1) is 8.68. The Bertz CT molecular complexity index is 278. The monoisotopic (exact) mass is 161 g/mol. The van der Waals surface area contributed by atoms with Crippen LogP contribution in [0.4, 0.5) is 0 Å². The Morgan fingerprint density at radius 1 is 1.42 bits per heavy atom. The molecule has 1 aromatic carbocycles. The van der Waals surface area contributed by atoms with E-state index in [0.29, 0.717) is 12.1 Å². The van der Waals surface area contributed by atoms with Crippen LogP contribution in [0, 0.1) is 0 Å². The van der Waals surface area contributed by atoms with Crippen molar-refractivity contribution in [3.63, 3.8) is 0 Å². The zero-order valence-corrected chi connectivity index (χ0v) is 6.79. The van der Waals surface area contributed by atoms with Crippen molar-refractivity contribution in [3.8, 4) is 0 Å². The summed E-state index contributed by atoms with van der Waals surface area (Å²) in [5.74, 6) is 0. The maximum absolute atomic E-state index is 10.6. The van der Waals surface area contributed by atoms with Crippen molar-refractivity contribution in [1.29, 1.82) is 0 Å². The first-order valence-electron chi connectivity index (χ1n) is 3.73. The molecule has 0 spiro atoms. The average Bonchev–Trinajstić information content (AvgIpc) is 2.16. The third kappa shape index (κ3) is 1.43. The molecular weight excluding hydrogens is 150 g/mol. The molecule has 0 bridgehead atoms. The summed E-state index contributed by atoms with van der Waals surface area (Å²) in [5, 5.41) is 0. The Morgan fingerprint density at radius 3 is 2.58 bits per heavy atom. The van der Waals surface area contributed by atoms with E-state index >= 15 is 0 Å². The molecule has 1 rings (SSSR count). The fraction of sp³-hybridized carbons (Fsp3) is 0.100. The van der Waals surface area contributed by atoms with E-state index in [1.807, 2.05) is 12.1 Å². The number of nitrogens with two attached hydrogens (primary N) is 1. The summed E-state index contributed by atoms with van der Waals surface area (Å²) in [6, 6.07) is 5.46. The number of carbonyl (C=O) groups is 1. The lowest BCUT2D eigenvalue weighted by molar-refractivity contribution is 0.112. The van der Waals surface area contributed by atoms with Crippen molar-refractivity contribution >= 4 is 12.4 Å². The summed E-state index contributed by atoms with van der Waals surface area (Å²) < 4.78 is 0. The highest BCUT2D eigenvalue weighted by molar-refractivity contribution is 5.79. The topological polar surface area (TPSA) is 43.1 Å². The summed E-state index contributed by atoms with van der Waals surface area (Å²) in [5.41, 5.74) is 7.94. The molecule has 0 saturated carbocycles. The number of carbonyl (C=O) groups excluding carboxylic acids is 1. The van der Waals surface area contributed by atoms with Gasteiger partial charge in [0.25, 0.3) is 0 Å². The van der Waals surface area contributed by atoms with Gasteiger partial charge in [-0.25, -0.2) is 0 Å². The lowest BCUT2D eigenvalue weighted by atomic mass is 10.0. The van der Waals surface area contributed by atoms with E-state index in [1.165, 1.54) is 0 Å². The molecule has 2 nitrogen and oxygen atoms in total. The van der Waals surface area contributed by atoms with Crippen LogP contribution in [0.3, 0.4) is 0 Å². The standard InChI is InChI=1S/C10H11NO/c1-2-8-4-3-5-9(7-12)10(8)6-11/h2-5,7H,1,6,11H2. The lowest BCUT2D eigenvalue weighted by Crippen LogP contribution is -2.03. The van der Waals surface area contributed by atoms with E-state index in [0.717, 1.165) is 17.4 Å². The fourth-order valence-corrected chi connectivity index (χ4v) is 1.16. The van der Waals surface area contributed by atoms with Gasteiger partial charge in [-0.15, -0.1) is 0 Å². The molecule has 0 heterocycles. The molecule has 0 radical (unpaired) electrons. The SMILES string of the molecule is C=Cc1cccc(C=O)c1CN. The van der Waals surface area contributed by atoms with E-state index < -0.39 is 0 Å². The summed E-state index contributed by atoms with van der Waals surface area (Å²) >= 11 is 0. The van der Waals surface area contributed by atoms with Gasteiger partial charge in [-0.3, -0.25) is 4.79 Å². The predicted molar refractivity (Wildman–Crippen MR) is 49.8 cm³/mol. The van der Waals surface area contributed by atoms with E-state index in [2.05, 4.69) is 6.58 Å². The molecule has 2 N–H and O–H groups in total. The largest absolute Gasteiger partial charge is 0.326 e. The molecular formula is C10H11NO. The van der Waals surface area contributed by atoms with Crippen molar-refractivity contribution in [3.05, 3.63) is 41.5 Å². The van der Waals surface area contributed by atoms with Gasteiger partial charge in [-0.1, -0.05) is 30.9 Å². The van der Waals surface area contributed by atoms with E-state index in [4.69, 9.17) is 5.73 Å². The number of rotatable bonds is 3. The number of benzene rings is 1. The van der Waals surface area contributed by atoms with E-state index in [9.17, 15) is 4.79 Å². The third-order valence-corrected chi connectivity index (χ3v) is 1.80. The van der Waals surface area contributed by atoms with Crippen molar-refractivity contribution in [2.75, 3.05) is 0 Å². The fourth-order valence-electron chi connectivity index (χ4n) is 1.16. The summed E-state index contributed by atoms with van der Waals surface area (Å²) in [6.07, 6.45) is 2.52. The van der Waals surface area contributed by atoms with Gasteiger partial charge in [0.15, 0.2) is 0 Å². The molecule has 0 aliphatic carbocycles. The zero-order valence-electron chi connectivity index (χ0n) is 6.79. The van der Waals surface area contributed by atoms with Gasteiger partial charge in [0, 0.05) is 12.1 Å². The van der Waals surface area contributed by atoms with Crippen LogP contribution in [0.1, 0.15) is 21.5 Å². The van der Waals surface area contributed by atoms with Crippen LogP contribution in [0.2, 0.25) is 0 Å². The second-order valence-electron chi connectivity index (χ2n) is 2.44. The van der Waals surface area contributed by atoms with Crippen LogP contribution < -0.4 is 5.73 Å². The Balaban J connectivity index is 3.30. The normalized spacial score (nSPS) is 9.42. The predicted octanol–water partition coefficient (Wildman–Crippen LogP) is 1.60. The molecule has 0 aromatic heterocycles. The minimum absolute atomic E-state index is 0.371. The molecule has 12 heavy (non-hydrogen) atoms. The van der Waals surface area contributed by atoms with Crippen molar-refractivity contribution in [2.45, 2.75) is 6.54 Å². The molecule has 0 amide bonds. The molecule has 0 saturated heterocycles. The van der Waals surface area contributed by atoms with Crippen LogP contribution >= 0.6 is 0 Å².